The molecule has 2 N–H and O–H groups in total. The fourth-order valence-electron chi connectivity index (χ4n) is 2.08. The van der Waals surface area contributed by atoms with Crippen molar-refractivity contribution < 1.29 is 9.90 Å². The minimum atomic E-state index is -0.325. The molecular weight excluding hydrogens is 226 g/mol. The number of carbonyl (C=O) groups is 1. The highest BCUT2D eigenvalue weighted by atomic mass is 35.5. The largest absolute Gasteiger partial charge is 0.508 e. The lowest BCUT2D eigenvalue weighted by atomic mass is 9.83. The fourth-order valence-corrected chi connectivity index (χ4v) is 2.08. The topological polar surface area (TPSA) is 49.3 Å². The molecular formula is C12H16ClNO2. The minimum absolute atomic E-state index is 0. The van der Waals surface area contributed by atoms with Crippen LogP contribution in [0.4, 0.5) is 0 Å². The lowest BCUT2D eigenvalue weighted by molar-refractivity contribution is -0.122. The number of hydrogen-bond donors (Lipinski definition) is 2. The molecule has 0 spiro atoms. The average Bonchev–Trinajstić information content (AvgIpc) is 2.17. The van der Waals surface area contributed by atoms with Crippen LogP contribution in [-0.4, -0.2) is 17.4 Å². The number of phenolic OH excluding ortho intramolecular Hbond substituents is 1. The zero-order valence-electron chi connectivity index (χ0n) is 9.19. The van der Waals surface area contributed by atoms with E-state index in [0.717, 1.165) is 5.56 Å². The van der Waals surface area contributed by atoms with Crippen molar-refractivity contribution in [2.45, 2.75) is 25.3 Å². The third-order valence-electron chi connectivity index (χ3n) is 2.95. The van der Waals surface area contributed by atoms with E-state index < -0.39 is 0 Å². The Hall–Kier alpha value is -1.06. The molecule has 1 aliphatic rings. The van der Waals surface area contributed by atoms with Gasteiger partial charge >= 0.3 is 0 Å². The second-order valence-electron chi connectivity index (χ2n) is 4.27. The number of hydrogen-bond acceptors (Lipinski definition) is 3. The van der Waals surface area contributed by atoms with E-state index in [-0.39, 0.29) is 29.5 Å². The Balaban J connectivity index is 0.00000128. The van der Waals surface area contributed by atoms with Crippen LogP contribution in [0.1, 0.15) is 25.3 Å². The van der Waals surface area contributed by atoms with Crippen LogP contribution < -0.4 is 5.32 Å². The van der Waals surface area contributed by atoms with Crippen molar-refractivity contribution in [3.8, 4) is 5.75 Å². The fraction of sp³-hybridized carbons (Fsp3) is 0.417. The van der Waals surface area contributed by atoms with Gasteiger partial charge in [0.25, 0.3) is 0 Å². The van der Waals surface area contributed by atoms with Crippen LogP contribution in [0.5, 0.6) is 5.75 Å². The number of nitrogens with one attached hydrogen (secondary N) is 1. The van der Waals surface area contributed by atoms with Crippen molar-refractivity contribution in [2.75, 3.05) is 6.54 Å². The quantitative estimate of drug-likeness (QED) is 0.791. The summed E-state index contributed by atoms with van der Waals surface area (Å²) in [6.07, 6.45) is 1.10. The minimum Gasteiger partial charge on any atom is -0.508 e. The predicted octanol–water partition coefficient (Wildman–Crippen LogP) is 1.98. The summed E-state index contributed by atoms with van der Waals surface area (Å²) in [5.41, 5.74) is 0.643. The first-order valence-corrected chi connectivity index (χ1v) is 5.16. The Morgan fingerprint density at radius 2 is 2.19 bits per heavy atom. The molecule has 1 unspecified atom stereocenters. The lowest BCUT2D eigenvalue weighted by Gasteiger charge is -2.34. The van der Waals surface area contributed by atoms with E-state index in [4.69, 9.17) is 0 Å². The second kappa shape index (κ2) is 4.85. The molecule has 1 aromatic carbocycles. The first kappa shape index (κ1) is 13.0. The maximum atomic E-state index is 11.4. The van der Waals surface area contributed by atoms with Crippen molar-refractivity contribution in [2.24, 2.45) is 0 Å². The van der Waals surface area contributed by atoms with Gasteiger partial charge in [-0.1, -0.05) is 12.1 Å². The second-order valence-corrected chi connectivity index (χ2v) is 4.27. The van der Waals surface area contributed by atoms with Crippen LogP contribution >= 0.6 is 12.4 Å². The predicted molar refractivity (Wildman–Crippen MR) is 65.0 cm³/mol. The first-order chi connectivity index (χ1) is 7.10. The normalized spacial score (nSPS) is 24.9. The van der Waals surface area contributed by atoms with Crippen LogP contribution in [0.2, 0.25) is 0 Å². The molecule has 0 amide bonds. The summed E-state index contributed by atoms with van der Waals surface area (Å²) in [4.78, 5) is 11.4. The van der Waals surface area contributed by atoms with Gasteiger partial charge in [-0.05, 0) is 24.6 Å². The van der Waals surface area contributed by atoms with E-state index in [1.807, 2.05) is 13.0 Å². The highest BCUT2D eigenvalue weighted by molar-refractivity contribution is 5.85. The number of Topliss-reactive ketones (excluding diaryl/α,β-unsaturated/α-hetero) is 1. The number of rotatable bonds is 1. The Bertz CT molecular complexity index is 394. The Morgan fingerprint density at radius 3 is 2.81 bits per heavy atom. The van der Waals surface area contributed by atoms with Gasteiger partial charge in [0.15, 0.2) is 0 Å². The molecule has 1 saturated heterocycles. The molecule has 16 heavy (non-hydrogen) atoms. The van der Waals surface area contributed by atoms with E-state index in [2.05, 4.69) is 5.32 Å². The Labute approximate surface area is 101 Å². The van der Waals surface area contributed by atoms with Crippen LogP contribution in [-0.2, 0) is 10.3 Å². The maximum Gasteiger partial charge on any atom is 0.136 e. The van der Waals surface area contributed by atoms with Crippen LogP contribution in [0.25, 0.3) is 0 Å². The number of piperidine rings is 1. The van der Waals surface area contributed by atoms with Crippen LogP contribution in [0, 0.1) is 0 Å². The molecule has 0 aliphatic carbocycles. The first-order valence-electron chi connectivity index (χ1n) is 5.16. The molecule has 88 valence electrons. The third kappa shape index (κ3) is 2.54. The van der Waals surface area contributed by atoms with Gasteiger partial charge in [-0.15, -0.1) is 12.4 Å². The molecule has 1 atom stereocenters. The van der Waals surface area contributed by atoms with Gasteiger partial charge in [0, 0.05) is 24.9 Å². The molecule has 0 saturated carbocycles. The van der Waals surface area contributed by atoms with Crippen molar-refractivity contribution >= 4 is 18.2 Å². The number of ketones is 1. The molecule has 0 radical (unpaired) electrons. The zero-order chi connectivity index (χ0) is 10.9. The molecule has 0 bridgehead atoms. The summed E-state index contributed by atoms with van der Waals surface area (Å²) in [6, 6.07) is 7.09. The van der Waals surface area contributed by atoms with Gasteiger partial charge in [-0.25, -0.2) is 0 Å². The molecule has 1 aromatic rings. The smallest absolute Gasteiger partial charge is 0.136 e. The monoisotopic (exact) mass is 241 g/mol. The van der Waals surface area contributed by atoms with Crippen molar-refractivity contribution in [1.29, 1.82) is 0 Å². The SMILES string of the molecule is CC1(c2cccc(O)c2)CC(=O)CCN1.Cl. The van der Waals surface area contributed by atoms with E-state index in [1.54, 1.807) is 18.2 Å². The summed E-state index contributed by atoms with van der Waals surface area (Å²) < 4.78 is 0. The van der Waals surface area contributed by atoms with Gasteiger partial charge in [0.05, 0.1) is 0 Å². The van der Waals surface area contributed by atoms with E-state index in [9.17, 15) is 9.90 Å². The van der Waals surface area contributed by atoms with Crippen molar-refractivity contribution in [3.63, 3.8) is 0 Å². The standard InChI is InChI=1S/C12H15NO2.ClH/c1-12(8-11(15)5-6-13-12)9-3-2-4-10(14)7-9;/h2-4,7,13-14H,5-6,8H2,1H3;1H. The summed E-state index contributed by atoms with van der Waals surface area (Å²) in [6.45, 7) is 2.71. The molecule has 0 aromatic heterocycles. The summed E-state index contributed by atoms with van der Waals surface area (Å²) in [7, 11) is 0. The summed E-state index contributed by atoms with van der Waals surface area (Å²) >= 11 is 0. The third-order valence-corrected chi connectivity index (χ3v) is 2.95. The van der Waals surface area contributed by atoms with Crippen molar-refractivity contribution in [3.05, 3.63) is 29.8 Å². The van der Waals surface area contributed by atoms with Gasteiger partial charge in [0.1, 0.15) is 11.5 Å². The molecule has 3 nitrogen and oxygen atoms in total. The average molecular weight is 242 g/mol. The molecule has 2 rings (SSSR count). The molecule has 1 fully saturated rings. The Kier molecular flexibility index (Phi) is 3.94. The van der Waals surface area contributed by atoms with Gasteiger partial charge < -0.3 is 10.4 Å². The van der Waals surface area contributed by atoms with Gasteiger partial charge in [-0.2, -0.15) is 0 Å². The summed E-state index contributed by atoms with van der Waals surface area (Å²) in [5, 5.41) is 12.7. The number of halogens is 1. The number of phenols is 1. The summed E-state index contributed by atoms with van der Waals surface area (Å²) in [5.74, 6) is 0.521. The number of carbonyl (C=O) groups excluding carboxylic acids is 1. The van der Waals surface area contributed by atoms with E-state index in [0.29, 0.717) is 19.4 Å². The highest BCUT2D eigenvalue weighted by Crippen LogP contribution is 2.29. The van der Waals surface area contributed by atoms with Gasteiger partial charge in [0.2, 0.25) is 0 Å². The molecule has 4 heteroatoms. The Morgan fingerprint density at radius 1 is 1.44 bits per heavy atom. The van der Waals surface area contributed by atoms with Crippen molar-refractivity contribution in [1.82, 2.24) is 5.32 Å². The zero-order valence-corrected chi connectivity index (χ0v) is 10.0. The van der Waals surface area contributed by atoms with E-state index in [1.165, 1.54) is 0 Å². The molecule has 1 aliphatic heterocycles. The molecule has 1 heterocycles. The van der Waals surface area contributed by atoms with Crippen LogP contribution in [0.3, 0.4) is 0 Å². The lowest BCUT2D eigenvalue weighted by Crippen LogP contribution is -2.46. The van der Waals surface area contributed by atoms with Crippen LogP contribution in [0.15, 0.2) is 24.3 Å². The number of aromatic hydroxyl groups is 1. The highest BCUT2D eigenvalue weighted by Gasteiger charge is 2.32. The van der Waals surface area contributed by atoms with Gasteiger partial charge in [-0.3, -0.25) is 4.79 Å². The maximum absolute atomic E-state index is 11.4. The number of benzene rings is 1. The van der Waals surface area contributed by atoms with E-state index >= 15 is 0 Å².